The zero-order valence-corrected chi connectivity index (χ0v) is 18.0. The molecule has 2 nitrogen and oxygen atoms in total. The summed E-state index contributed by atoms with van der Waals surface area (Å²) in [4.78, 5) is 7.83. The summed E-state index contributed by atoms with van der Waals surface area (Å²) in [6.45, 7) is 4.53. The zero-order chi connectivity index (χ0) is 20.0. The largest absolute Gasteiger partial charge is 0.497 e. The van der Waals surface area contributed by atoms with Gasteiger partial charge in [-0.1, -0.05) is 36.8 Å². The van der Waals surface area contributed by atoms with Gasteiger partial charge in [0.15, 0.2) is 0 Å². The molecule has 29 heavy (non-hydrogen) atoms. The maximum Gasteiger partial charge on any atom is 0.125 e. The molecule has 0 spiro atoms. The summed E-state index contributed by atoms with van der Waals surface area (Å²) in [7, 11) is 1.70. The van der Waals surface area contributed by atoms with Gasteiger partial charge in [0.05, 0.1) is 12.8 Å². The van der Waals surface area contributed by atoms with Gasteiger partial charge in [-0.25, -0.2) is 4.98 Å². The first-order valence-corrected chi connectivity index (χ1v) is 11.1. The highest BCUT2D eigenvalue weighted by Crippen LogP contribution is 2.43. The molecule has 2 heterocycles. The Labute approximate surface area is 176 Å². The molecule has 1 unspecified atom stereocenters. The number of nitrogens with zero attached hydrogens (tertiary/aromatic N) is 1. The van der Waals surface area contributed by atoms with Crippen LogP contribution in [0.1, 0.15) is 29.3 Å². The third-order valence-electron chi connectivity index (χ3n) is 5.98. The molecule has 1 atom stereocenters. The van der Waals surface area contributed by atoms with Crippen molar-refractivity contribution in [3.8, 4) is 28.1 Å². The van der Waals surface area contributed by atoms with E-state index in [0.717, 1.165) is 22.9 Å². The van der Waals surface area contributed by atoms with Crippen LogP contribution in [-0.4, -0.2) is 12.1 Å². The summed E-state index contributed by atoms with van der Waals surface area (Å²) in [5.74, 6) is 1.63. The Hall–Kier alpha value is -2.65. The van der Waals surface area contributed by atoms with E-state index in [2.05, 4.69) is 56.3 Å². The lowest BCUT2D eigenvalue weighted by molar-refractivity contribution is 0.415. The second kappa shape index (κ2) is 7.31. The maximum atomic E-state index is 5.33. The van der Waals surface area contributed by atoms with Gasteiger partial charge in [-0.3, -0.25) is 0 Å². The molecular weight excluding hydrogens is 374 g/mol. The molecule has 1 aliphatic rings. The molecule has 0 N–H and O–H groups in total. The van der Waals surface area contributed by atoms with Gasteiger partial charge in [0.25, 0.3) is 0 Å². The van der Waals surface area contributed by atoms with Crippen molar-refractivity contribution in [2.24, 2.45) is 5.92 Å². The lowest BCUT2D eigenvalue weighted by Gasteiger charge is -2.18. The smallest absolute Gasteiger partial charge is 0.125 e. The molecule has 0 amide bonds. The second-order valence-electron chi connectivity index (χ2n) is 8.18. The highest BCUT2D eigenvalue weighted by Gasteiger charge is 2.24. The van der Waals surface area contributed by atoms with Gasteiger partial charge in [-0.05, 0) is 79.1 Å². The van der Waals surface area contributed by atoms with Gasteiger partial charge in [-0.2, -0.15) is 0 Å². The summed E-state index contributed by atoms with van der Waals surface area (Å²) < 4.78 is 5.33. The minimum atomic E-state index is 0.763. The van der Waals surface area contributed by atoms with Crippen molar-refractivity contribution in [2.45, 2.75) is 33.1 Å². The molecule has 0 fully saturated rings. The van der Waals surface area contributed by atoms with Crippen molar-refractivity contribution in [2.75, 3.05) is 7.11 Å². The third kappa shape index (κ3) is 3.34. The van der Waals surface area contributed by atoms with Gasteiger partial charge in [0.1, 0.15) is 10.6 Å². The van der Waals surface area contributed by atoms with E-state index in [1.54, 1.807) is 7.11 Å². The monoisotopic (exact) mass is 399 g/mol. The van der Waals surface area contributed by atoms with Crippen molar-refractivity contribution in [1.82, 2.24) is 4.98 Å². The first-order chi connectivity index (χ1) is 14.1. The average molecular weight is 400 g/mol. The number of aromatic nitrogens is 1. The van der Waals surface area contributed by atoms with E-state index in [1.807, 2.05) is 23.5 Å². The Balaban J connectivity index is 1.76. The van der Waals surface area contributed by atoms with Crippen LogP contribution in [0.3, 0.4) is 0 Å². The molecule has 0 saturated carbocycles. The second-order valence-corrected chi connectivity index (χ2v) is 9.27. The van der Waals surface area contributed by atoms with Crippen molar-refractivity contribution in [3.63, 3.8) is 0 Å². The Morgan fingerprint density at radius 3 is 2.62 bits per heavy atom. The van der Waals surface area contributed by atoms with Gasteiger partial charge >= 0.3 is 0 Å². The fourth-order valence-corrected chi connectivity index (χ4v) is 5.80. The first-order valence-electron chi connectivity index (χ1n) is 10.3. The van der Waals surface area contributed by atoms with Crippen LogP contribution in [0, 0.1) is 12.8 Å². The number of pyridine rings is 1. The minimum Gasteiger partial charge on any atom is -0.497 e. The topological polar surface area (TPSA) is 22.1 Å². The van der Waals surface area contributed by atoms with E-state index < -0.39 is 0 Å². The number of thiophene rings is 1. The molecule has 0 bridgehead atoms. The van der Waals surface area contributed by atoms with Crippen LogP contribution in [0.15, 0.2) is 54.6 Å². The maximum absolute atomic E-state index is 5.33. The third-order valence-corrected chi connectivity index (χ3v) is 7.13. The predicted molar refractivity (Wildman–Crippen MR) is 123 cm³/mol. The Bertz CT molecular complexity index is 1190. The molecule has 0 saturated heterocycles. The number of ether oxygens (including phenoxy) is 1. The molecule has 0 aliphatic heterocycles. The fraction of sp³-hybridized carbons (Fsp3) is 0.269. The van der Waals surface area contributed by atoms with Crippen LogP contribution in [0.25, 0.3) is 32.6 Å². The Kier molecular flexibility index (Phi) is 4.63. The Morgan fingerprint density at radius 2 is 1.86 bits per heavy atom. The van der Waals surface area contributed by atoms with Crippen LogP contribution < -0.4 is 4.74 Å². The van der Waals surface area contributed by atoms with E-state index in [4.69, 9.17) is 9.72 Å². The number of fused-ring (bicyclic) bond motifs is 3. The van der Waals surface area contributed by atoms with Crippen molar-refractivity contribution in [3.05, 3.63) is 70.6 Å². The average Bonchev–Trinajstić information content (AvgIpc) is 3.10. The normalized spacial score (nSPS) is 16.0. The lowest BCUT2D eigenvalue weighted by Crippen LogP contribution is -2.08. The minimum absolute atomic E-state index is 0.763. The molecule has 4 aromatic rings. The first kappa shape index (κ1) is 18.4. The molecular formula is C26H25NOS. The summed E-state index contributed by atoms with van der Waals surface area (Å²) in [6, 6.07) is 19.3. The SMILES string of the molecule is COc1ccc(-c2cc(-c3cccc(C)c3)c3c4c(sc3n2)CC(C)CC4)cc1. The van der Waals surface area contributed by atoms with E-state index in [9.17, 15) is 0 Å². The number of rotatable bonds is 3. The number of methoxy groups -OCH3 is 1. The number of benzene rings is 2. The molecule has 1 aliphatic carbocycles. The van der Waals surface area contributed by atoms with Crippen LogP contribution >= 0.6 is 11.3 Å². The van der Waals surface area contributed by atoms with Gasteiger partial charge in [0, 0.05) is 15.8 Å². The van der Waals surface area contributed by atoms with Gasteiger partial charge < -0.3 is 4.74 Å². The Morgan fingerprint density at radius 1 is 1.03 bits per heavy atom. The highest BCUT2D eigenvalue weighted by molar-refractivity contribution is 7.19. The molecule has 5 rings (SSSR count). The number of hydrogen-bond donors (Lipinski definition) is 0. The highest BCUT2D eigenvalue weighted by atomic mass is 32.1. The number of hydrogen-bond acceptors (Lipinski definition) is 3. The van der Waals surface area contributed by atoms with E-state index in [0.29, 0.717) is 0 Å². The van der Waals surface area contributed by atoms with E-state index >= 15 is 0 Å². The quantitative estimate of drug-likeness (QED) is 0.367. The zero-order valence-electron chi connectivity index (χ0n) is 17.2. The van der Waals surface area contributed by atoms with E-state index in [1.165, 1.54) is 56.6 Å². The summed E-state index contributed by atoms with van der Waals surface area (Å²) in [5.41, 5.74) is 7.58. The molecule has 0 radical (unpaired) electrons. The molecule has 3 heteroatoms. The van der Waals surface area contributed by atoms with Crippen molar-refractivity contribution < 1.29 is 4.74 Å². The predicted octanol–water partition coefficient (Wildman–Crippen LogP) is 7.07. The summed E-state index contributed by atoms with van der Waals surface area (Å²) in [5, 5.41) is 1.37. The van der Waals surface area contributed by atoms with Crippen molar-refractivity contribution >= 4 is 21.6 Å². The van der Waals surface area contributed by atoms with E-state index in [-0.39, 0.29) is 0 Å². The van der Waals surface area contributed by atoms with Crippen LogP contribution in [0.5, 0.6) is 5.75 Å². The van der Waals surface area contributed by atoms with Crippen LogP contribution in [-0.2, 0) is 12.8 Å². The molecule has 2 aromatic carbocycles. The van der Waals surface area contributed by atoms with Crippen molar-refractivity contribution in [1.29, 1.82) is 0 Å². The molecule has 2 aromatic heterocycles. The van der Waals surface area contributed by atoms with Crippen LogP contribution in [0.2, 0.25) is 0 Å². The van der Waals surface area contributed by atoms with Crippen LogP contribution in [0.4, 0.5) is 0 Å². The summed E-state index contributed by atoms with van der Waals surface area (Å²) in [6.07, 6.45) is 3.62. The van der Waals surface area contributed by atoms with Gasteiger partial charge in [-0.15, -0.1) is 11.3 Å². The lowest BCUT2D eigenvalue weighted by atomic mass is 9.87. The fourth-order valence-electron chi connectivity index (χ4n) is 4.39. The summed E-state index contributed by atoms with van der Waals surface area (Å²) >= 11 is 1.90. The standard InChI is InChI=1S/C26H25NOS/c1-16-5-4-6-19(13-16)22-15-23(18-8-10-20(28-3)11-9-18)27-26-25(22)21-12-7-17(2)14-24(21)29-26/h4-6,8-11,13,15,17H,7,12,14H2,1-3H3. The van der Waals surface area contributed by atoms with Gasteiger partial charge in [0.2, 0.25) is 0 Å². The number of aryl methyl sites for hydroxylation is 2. The molecule has 146 valence electrons.